The highest BCUT2D eigenvalue weighted by Gasteiger charge is 2.27. The van der Waals surface area contributed by atoms with E-state index in [-0.39, 0.29) is 30.7 Å². The lowest BCUT2D eigenvalue weighted by Gasteiger charge is -2.34. The van der Waals surface area contributed by atoms with E-state index < -0.39 is 0 Å². The van der Waals surface area contributed by atoms with E-state index in [1.165, 1.54) is 5.56 Å². The van der Waals surface area contributed by atoms with Gasteiger partial charge >= 0.3 is 0 Å². The van der Waals surface area contributed by atoms with Gasteiger partial charge in [0.2, 0.25) is 5.91 Å². The lowest BCUT2D eigenvalue weighted by molar-refractivity contribution is -0.116. The summed E-state index contributed by atoms with van der Waals surface area (Å²) in [5, 5.41) is 7.40. The predicted octanol–water partition coefficient (Wildman–Crippen LogP) is 4.19. The van der Waals surface area contributed by atoms with Gasteiger partial charge in [0.15, 0.2) is 0 Å². The van der Waals surface area contributed by atoms with Gasteiger partial charge in [0, 0.05) is 36.1 Å². The van der Waals surface area contributed by atoms with Gasteiger partial charge in [-0.15, -0.1) is 36.6 Å². The Labute approximate surface area is 195 Å². The number of hydrogen-bond donors (Lipinski definition) is 2. The maximum absolute atomic E-state index is 12.1. The summed E-state index contributed by atoms with van der Waals surface area (Å²) in [5.41, 5.74) is 3.37. The second kappa shape index (κ2) is 11.3. The van der Waals surface area contributed by atoms with Gasteiger partial charge in [0.25, 0.3) is 0 Å². The fourth-order valence-corrected chi connectivity index (χ4v) is 5.04. The average Bonchev–Trinajstić information content (AvgIpc) is 2.75. The number of thioether (sulfide) groups is 1. The molecule has 1 fully saturated rings. The number of rotatable bonds is 5. The Morgan fingerprint density at radius 1 is 1.23 bits per heavy atom. The predicted molar refractivity (Wildman–Crippen MR) is 129 cm³/mol. The molecule has 0 saturated carbocycles. The zero-order valence-corrected chi connectivity index (χ0v) is 19.7. The topological polar surface area (TPSA) is 53.6 Å². The minimum Gasteiger partial charge on any atom is -0.496 e. The smallest absolute Gasteiger partial charge is 0.237 e. The molecule has 1 amide bonds. The second-order valence-electron chi connectivity index (χ2n) is 7.35. The fraction of sp³-hybridized carbons (Fsp3) is 0.409. The summed E-state index contributed by atoms with van der Waals surface area (Å²) in [7, 11) is 3.56. The number of methoxy groups -OCH3 is 1. The van der Waals surface area contributed by atoms with E-state index in [2.05, 4.69) is 53.1 Å². The van der Waals surface area contributed by atoms with Crippen LogP contribution in [0.4, 0.5) is 5.69 Å². The zero-order chi connectivity index (χ0) is 19.5. The highest BCUT2D eigenvalue weighted by molar-refractivity contribution is 8.00. The number of amides is 1. The Hall–Kier alpha value is -1.44. The number of carbonyl (C=O) groups excluding carboxylic acids is 1. The van der Waals surface area contributed by atoms with Crippen LogP contribution < -0.4 is 20.3 Å². The Kier molecular flexibility index (Phi) is 9.31. The van der Waals surface area contributed by atoms with Crippen molar-refractivity contribution in [1.29, 1.82) is 0 Å². The first-order valence-electron chi connectivity index (χ1n) is 9.79. The Morgan fingerprint density at radius 3 is 2.73 bits per heavy atom. The number of ether oxygens (including phenoxy) is 1. The second-order valence-corrected chi connectivity index (χ2v) is 8.36. The van der Waals surface area contributed by atoms with Gasteiger partial charge in [-0.3, -0.25) is 4.79 Å². The van der Waals surface area contributed by atoms with Crippen LogP contribution in [0.3, 0.4) is 0 Å². The van der Waals surface area contributed by atoms with E-state index in [4.69, 9.17) is 4.74 Å². The molecule has 2 aromatic rings. The summed E-state index contributed by atoms with van der Waals surface area (Å²) < 4.78 is 5.65. The van der Waals surface area contributed by atoms with Gasteiger partial charge in [-0.25, -0.2) is 0 Å². The number of nitrogens with one attached hydrogen (secondary N) is 2. The van der Waals surface area contributed by atoms with E-state index in [9.17, 15) is 4.79 Å². The molecular weight excluding hydrogens is 441 g/mol. The molecule has 5 nitrogen and oxygen atoms in total. The van der Waals surface area contributed by atoms with Gasteiger partial charge in [-0.05, 0) is 37.1 Å². The number of carbonyl (C=O) groups is 1. The summed E-state index contributed by atoms with van der Waals surface area (Å²) in [6.07, 6.45) is 2.30. The molecule has 30 heavy (non-hydrogen) atoms. The Balaban J connectivity index is 0.00000160. The van der Waals surface area contributed by atoms with Gasteiger partial charge in [-0.2, -0.15) is 0 Å². The third kappa shape index (κ3) is 5.24. The van der Waals surface area contributed by atoms with Crippen molar-refractivity contribution in [3.05, 3.63) is 53.6 Å². The van der Waals surface area contributed by atoms with Crippen molar-refractivity contribution in [2.75, 3.05) is 31.4 Å². The van der Waals surface area contributed by atoms with Gasteiger partial charge < -0.3 is 20.3 Å². The third-order valence-electron chi connectivity index (χ3n) is 5.62. The summed E-state index contributed by atoms with van der Waals surface area (Å²) >= 11 is 1.58. The minimum absolute atomic E-state index is 0. The molecular formula is C22H29Cl2N3O2S. The summed E-state index contributed by atoms with van der Waals surface area (Å²) in [6.45, 7) is 1.75. The molecule has 8 heteroatoms. The number of fused-ring (bicyclic) bond motifs is 1. The van der Waals surface area contributed by atoms with Crippen molar-refractivity contribution in [2.45, 2.75) is 36.4 Å². The first-order chi connectivity index (χ1) is 13.7. The number of anilines is 1. The van der Waals surface area contributed by atoms with Crippen LogP contribution in [-0.2, 0) is 11.3 Å². The van der Waals surface area contributed by atoms with E-state index in [1.54, 1.807) is 23.8 Å². The molecule has 2 unspecified atom stereocenters. The molecule has 2 heterocycles. The van der Waals surface area contributed by atoms with Crippen molar-refractivity contribution in [3.63, 3.8) is 0 Å². The van der Waals surface area contributed by atoms with E-state index >= 15 is 0 Å². The molecule has 0 radical (unpaired) electrons. The first kappa shape index (κ1) is 24.8. The normalized spacial score (nSPS) is 20.6. The molecule has 4 rings (SSSR count). The molecule has 2 aliphatic heterocycles. The zero-order valence-electron chi connectivity index (χ0n) is 17.2. The van der Waals surface area contributed by atoms with E-state index in [1.807, 2.05) is 7.05 Å². The number of halogens is 2. The van der Waals surface area contributed by atoms with E-state index in [0.717, 1.165) is 41.3 Å². The van der Waals surface area contributed by atoms with Crippen LogP contribution >= 0.6 is 36.6 Å². The maximum atomic E-state index is 12.1. The Morgan fingerprint density at radius 2 is 2.00 bits per heavy atom. The third-order valence-corrected chi connectivity index (χ3v) is 6.65. The largest absolute Gasteiger partial charge is 0.496 e. The Bertz CT molecular complexity index is 854. The van der Waals surface area contributed by atoms with Gasteiger partial charge in [0.05, 0.1) is 18.6 Å². The van der Waals surface area contributed by atoms with Crippen LogP contribution in [0.15, 0.2) is 47.4 Å². The quantitative estimate of drug-likeness (QED) is 0.687. The lowest BCUT2D eigenvalue weighted by Crippen LogP contribution is -2.45. The summed E-state index contributed by atoms with van der Waals surface area (Å²) in [5.74, 6) is 1.50. The fourth-order valence-electron chi connectivity index (χ4n) is 4.03. The number of hydrogen-bond acceptors (Lipinski definition) is 5. The lowest BCUT2D eigenvalue weighted by atomic mass is 9.92. The maximum Gasteiger partial charge on any atom is 0.237 e. The first-order valence-corrected chi connectivity index (χ1v) is 10.8. The molecule has 1 saturated heterocycles. The number of piperidine rings is 1. The van der Waals surface area contributed by atoms with Crippen molar-refractivity contribution >= 4 is 48.2 Å². The molecule has 2 aliphatic rings. The number of benzene rings is 2. The molecule has 2 atom stereocenters. The van der Waals surface area contributed by atoms with Crippen molar-refractivity contribution < 1.29 is 9.53 Å². The molecule has 0 aliphatic carbocycles. The SMILES string of the molecule is COc1cc2c(cc1CNC1CCCNC1c1ccccc1)N(C)C(=O)CS2.Cl.Cl. The molecule has 2 N–H and O–H groups in total. The van der Waals surface area contributed by atoms with Crippen LogP contribution in [0.25, 0.3) is 0 Å². The van der Waals surface area contributed by atoms with Gasteiger partial charge in [0.1, 0.15) is 5.75 Å². The summed E-state index contributed by atoms with van der Waals surface area (Å²) in [6, 6.07) is 15.4. The minimum atomic E-state index is 0. The standard InChI is InChI=1S/C22H27N3O2S.2ClH/c1-25-18-11-16(19(27-2)12-20(18)28-14-21(25)26)13-24-17-9-6-10-23-22(17)15-7-4-3-5-8-15;;/h3-5,7-8,11-12,17,22-24H,6,9-10,13-14H2,1-2H3;2*1H. The average molecular weight is 470 g/mol. The molecule has 0 aromatic heterocycles. The van der Waals surface area contributed by atoms with Crippen LogP contribution in [-0.4, -0.2) is 38.4 Å². The van der Waals surface area contributed by atoms with Crippen LogP contribution in [0.1, 0.15) is 30.0 Å². The van der Waals surface area contributed by atoms with E-state index in [0.29, 0.717) is 24.4 Å². The molecule has 164 valence electrons. The van der Waals surface area contributed by atoms with Crippen LogP contribution in [0.2, 0.25) is 0 Å². The highest BCUT2D eigenvalue weighted by atomic mass is 35.5. The van der Waals surface area contributed by atoms with Gasteiger partial charge in [-0.1, -0.05) is 30.3 Å². The van der Waals surface area contributed by atoms with Crippen molar-refractivity contribution in [1.82, 2.24) is 10.6 Å². The highest BCUT2D eigenvalue weighted by Crippen LogP contribution is 2.39. The number of nitrogens with zero attached hydrogens (tertiary/aromatic N) is 1. The molecule has 0 bridgehead atoms. The van der Waals surface area contributed by atoms with Crippen molar-refractivity contribution in [3.8, 4) is 5.75 Å². The van der Waals surface area contributed by atoms with Crippen LogP contribution in [0, 0.1) is 0 Å². The summed E-state index contributed by atoms with van der Waals surface area (Å²) in [4.78, 5) is 14.9. The molecule has 0 spiro atoms. The monoisotopic (exact) mass is 469 g/mol. The van der Waals surface area contributed by atoms with Crippen LogP contribution in [0.5, 0.6) is 5.75 Å². The van der Waals surface area contributed by atoms with Crippen molar-refractivity contribution in [2.24, 2.45) is 0 Å². The molecule has 2 aromatic carbocycles.